The van der Waals surface area contributed by atoms with Crippen LogP contribution in [0.5, 0.6) is 0 Å². The normalized spacial score (nSPS) is 22.1. The van der Waals surface area contributed by atoms with E-state index in [0.29, 0.717) is 6.42 Å². The number of hydrogen-bond donors (Lipinski definition) is 1. The Labute approximate surface area is 138 Å². The predicted molar refractivity (Wildman–Crippen MR) is 93.9 cm³/mol. The summed E-state index contributed by atoms with van der Waals surface area (Å²) in [7, 11) is 0. The van der Waals surface area contributed by atoms with Gasteiger partial charge >= 0.3 is 11.4 Å². The van der Waals surface area contributed by atoms with Gasteiger partial charge in [-0.1, -0.05) is 95.4 Å². The molecule has 1 aliphatic rings. The molecular formula is C18H32O3S. The molecule has 0 saturated carbocycles. The minimum absolute atomic E-state index is 0.575. The molecule has 0 amide bonds. The summed E-state index contributed by atoms with van der Waals surface area (Å²) in [6.45, 7) is 2.25. The van der Waals surface area contributed by atoms with Gasteiger partial charge in [0.2, 0.25) is 0 Å². The fourth-order valence-electron chi connectivity index (χ4n) is 2.99. The van der Waals surface area contributed by atoms with Crippen molar-refractivity contribution in [1.82, 2.24) is 0 Å². The van der Waals surface area contributed by atoms with Crippen molar-refractivity contribution in [3.8, 4) is 0 Å². The molecule has 0 aromatic rings. The zero-order chi connectivity index (χ0) is 16.1. The average molecular weight is 329 g/mol. The van der Waals surface area contributed by atoms with Gasteiger partial charge in [-0.2, -0.15) is 4.21 Å². The van der Waals surface area contributed by atoms with Gasteiger partial charge in [-0.25, -0.2) is 0 Å². The molecule has 2 atom stereocenters. The van der Waals surface area contributed by atoms with Gasteiger partial charge in [-0.15, -0.1) is 0 Å². The molecule has 22 heavy (non-hydrogen) atoms. The van der Waals surface area contributed by atoms with E-state index in [9.17, 15) is 4.21 Å². The largest absolute Gasteiger partial charge is 0.302 e. The second-order valence-corrected chi connectivity index (χ2v) is 6.89. The van der Waals surface area contributed by atoms with E-state index in [1.54, 1.807) is 0 Å². The minimum Gasteiger partial charge on any atom is -0.284 e. The van der Waals surface area contributed by atoms with Crippen molar-refractivity contribution < 1.29 is 12.9 Å². The Kier molecular flexibility index (Phi) is 10.7. The van der Waals surface area contributed by atoms with Crippen LogP contribution in [0.15, 0.2) is 24.3 Å². The van der Waals surface area contributed by atoms with Crippen molar-refractivity contribution in [2.45, 2.75) is 89.6 Å². The van der Waals surface area contributed by atoms with Crippen LogP contribution in [0.3, 0.4) is 0 Å². The van der Waals surface area contributed by atoms with E-state index in [1.807, 2.05) is 24.3 Å². The topological polar surface area (TPSA) is 46.5 Å². The first kappa shape index (κ1) is 19.6. The summed E-state index contributed by atoms with van der Waals surface area (Å²) < 4.78 is 25.3. The predicted octanol–water partition coefficient (Wildman–Crippen LogP) is 5.71. The third-order valence-electron chi connectivity index (χ3n) is 4.30. The van der Waals surface area contributed by atoms with Crippen molar-refractivity contribution in [1.29, 1.82) is 0 Å². The Balaban J connectivity index is 2.08. The summed E-state index contributed by atoms with van der Waals surface area (Å²) >= 11 is -2.20. The molecule has 0 fully saturated rings. The monoisotopic (exact) mass is 328 g/mol. The van der Waals surface area contributed by atoms with Crippen LogP contribution in [0.1, 0.15) is 84.0 Å². The lowest BCUT2D eigenvalue weighted by atomic mass is 9.89. The molecule has 0 aromatic carbocycles. The van der Waals surface area contributed by atoms with Gasteiger partial charge in [0.25, 0.3) is 0 Å². The zero-order valence-corrected chi connectivity index (χ0v) is 14.8. The smallest absolute Gasteiger partial charge is 0.284 e. The van der Waals surface area contributed by atoms with Crippen LogP contribution in [0.4, 0.5) is 0 Å². The Morgan fingerprint density at radius 2 is 1.59 bits per heavy atom. The molecule has 2 unspecified atom stereocenters. The lowest BCUT2D eigenvalue weighted by molar-refractivity contribution is 0.113. The molecule has 1 N–H and O–H groups in total. The summed E-state index contributed by atoms with van der Waals surface area (Å²) in [5.41, 5.74) is -0.575. The second-order valence-electron chi connectivity index (χ2n) is 6.29. The van der Waals surface area contributed by atoms with E-state index in [1.165, 1.54) is 57.8 Å². The quantitative estimate of drug-likeness (QED) is 0.348. The van der Waals surface area contributed by atoms with Crippen molar-refractivity contribution in [2.75, 3.05) is 0 Å². The maximum absolute atomic E-state index is 11.0. The van der Waals surface area contributed by atoms with E-state index in [-0.39, 0.29) is 0 Å². The molecule has 1 rings (SSSR count). The van der Waals surface area contributed by atoms with Crippen molar-refractivity contribution in [3.63, 3.8) is 0 Å². The third-order valence-corrected chi connectivity index (χ3v) is 4.78. The third kappa shape index (κ3) is 8.86. The highest BCUT2D eigenvalue weighted by atomic mass is 32.2. The molecule has 4 heteroatoms. The van der Waals surface area contributed by atoms with Gasteiger partial charge in [-0.05, 0) is 12.8 Å². The van der Waals surface area contributed by atoms with E-state index < -0.39 is 17.0 Å². The van der Waals surface area contributed by atoms with Crippen LogP contribution >= 0.6 is 0 Å². The van der Waals surface area contributed by atoms with Gasteiger partial charge in [0.05, 0.1) is 0 Å². The van der Waals surface area contributed by atoms with E-state index in [0.717, 1.165) is 12.8 Å². The summed E-state index contributed by atoms with van der Waals surface area (Å²) in [5, 5.41) is 0. The summed E-state index contributed by atoms with van der Waals surface area (Å²) in [4.78, 5) is 0. The summed E-state index contributed by atoms with van der Waals surface area (Å²) in [6.07, 6.45) is 22.2. The van der Waals surface area contributed by atoms with Crippen molar-refractivity contribution in [3.05, 3.63) is 24.3 Å². The second kappa shape index (κ2) is 12.0. The first-order valence-corrected chi connectivity index (χ1v) is 9.86. The van der Waals surface area contributed by atoms with E-state index in [2.05, 4.69) is 6.92 Å². The summed E-state index contributed by atoms with van der Waals surface area (Å²) in [6, 6.07) is 0. The number of allylic oxidation sites excluding steroid dienone is 2. The van der Waals surface area contributed by atoms with Crippen LogP contribution in [-0.4, -0.2) is 14.4 Å². The van der Waals surface area contributed by atoms with Crippen LogP contribution < -0.4 is 0 Å². The Morgan fingerprint density at radius 1 is 1.00 bits per heavy atom. The van der Waals surface area contributed by atoms with Gasteiger partial charge in [0, 0.05) is 0 Å². The van der Waals surface area contributed by atoms with Crippen LogP contribution in [0.25, 0.3) is 0 Å². The van der Waals surface area contributed by atoms with Gasteiger partial charge in [0.1, 0.15) is 5.60 Å². The molecule has 0 aromatic heterocycles. The first-order chi connectivity index (χ1) is 10.7. The lowest BCUT2D eigenvalue weighted by Gasteiger charge is -2.29. The SMILES string of the molecule is CCCCCCCCCCCCC1(OS(=O)O)C=CC=CC1. The molecule has 0 spiro atoms. The van der Waals surface area contributed by atoms with Crippen molar-refractivity contribution >= 4 is 11.4 Å². The first-order valence-electron chi connectivity index (χ1n) is 8.83. The summed E-state index contributed by atoms with van der Waals surface area (Å²) in [5.74, 6) is 0. The van der Waals surface area contributed by atoms with E-state index >= 15 is 0 Å². The average Bonchev–Trinajstić information content (AvgIpc) is 2.49. The Hall–Kier alpha value is -0.450. The lowest BCUT2D eigenvalue weighted by Crippen LogP contribution is -2.31. The van der Waals surface area contributed by atoms with Gasteiger partial charge < -0.3 is 0 Å². The highest BCUT2D eigenvalue weighted by Crippen LogP contribution is 2.29. The molecule has 128 valence electrons. The molecule has 0 heterocycles. The molecule has 0 saturated heterocycles. The fraction of sp³-hybridized carbons (Fsp3) is 0.778. The molecule has 0 aliphatic heterocycles. The maximum atomic E-state index is 11.0. The van der Waals surface area contributed by atoms with Crippen LogP contribution in [0, 0.1) is 0 Å². The fourth-order valence-corrected chi connectivity index (χ4v) is 3.48. The molecule has 3 nitrogen and oxygen atoms in total. The highest BCUT2D eigenvalue weighted by molar-refractivity contribution is 7.74. The van der Waals surface area contributed by atoms with Gasteiger partial charge in [-0.3, -0.25) is 8.74 Å². The number of unbranched alkanes of at least 4 members (excludes halogenated alkanes) is 9. The van der Waals surface area contributed by atoms with Crippen LogP contribution in [-0.2, 0) is 15.5 Å². The highest BCUT2D eigenvalue weighted by Gasteiger charge is 2.30. The molecule has 0 bridgehead atoms. The van der Waals surface area contributed by atoms with Crippen LogP contribution in [0.2, 0.25) is 0 Å². The number of hydrogen-bond acceptors (Lipinski definition) is 2. The standard InChI is InChI=1S/C18H32O3S/c1-2-3-4-5-6-7-8-9-10-12-15-18(21-22(19)20)16-13-11-14-17-18/h11,13-14,16H,2-10,12,15,17H2,1H3,(H,19,20). The maximum Gasteiger partial charge on any atom is 0.302 e. The minimum atomic E-state index is -2.20. The van der Waals surface area contributed by atoms with Gasteiger partial charge in [0.15, 0.2) is 0 Å². The molecule has 1 aliphatic carbocycles. The number of rotatable bonds is 13. The molecule has 0 radical (unpaired) electrons. The Bertz CT molecular complexity index is 365. The molecular weight excluding hydrogens is 296 g/mol. The Morgan fingerprint density at radius 3 is 2.09 bits per heavy atom. The zero-order valence-electron chi connectivity index (χ0n) is 14.0. The van der Waals surface area contributed by atoms with Crippen molar-refractivity contribution in [2.24, 2.45) is 0 Å². The van der Waals surface area contributed by atoms with E-state index in [4.69, 9.17) is 8.74 Å².